The minimum atomic E-state index is -1.50. The zero-order valence-electron chi connectivity index (χ0n) is 7.73. The van der Waals surface area contributed by atoms with E-state index in [9.17, 15) is 18.3 Å². The summed E-state index contributed by atoms with van der Waals surface area (Å²) in [4.78, 5) is 0. The van der Waals surface area contributed by atoms with Crippen molar-refractivity contribution in [2.75, 3.05) is 0 Å². The maximum absolute atomic E-state index is 12.7. The number of aliphatic hydroxyl groups excluding tert-OH is 1. The van der Waals surface area contributed by atoms with Gasteiger partial charge in [0.1, 0.15) is 0 Å². The fourth-order valence-electron chi connectivity index (χ4n) is 1.21. The molecule has 1 N–H and O–H groups in total. The first-order valence-corrected chi connectivity index (χ1v) is 4.38. The Kier molecular flexibility index (Phi) is 3.52. The topological polar surface area (TPSA) is 20.2 Å². The van der Waals surface area contributed by atoms with E-state index in [4.69, 9.17) is 0 Å². The number of aliphatic hydroxyl groups is 1. The van der Waals surface area contributed by atoms with E-state index < -0.39 is 23.6 Å². The van der Waals surface area contributed by atoms with Crippen LogP contribution in [0.5, 0.6) is 0 Å². The Labute approximate surface area is 80.2 Å². The molecule has 4 heteroatoms. The molecule has 1 aromatic carbocycles. The monoisotopic (exact) mass is 204 g/mol. The van der Waals surface area contributed by atoms with Gasteiger partial charge in [-0.2, -0.15) is 0 Å². The zero-order chi connectivity index (χ0) is 10.7. The molecular weight excluding hydrogens is 193 g/mol. The molecule has 1 rings (SSSR count). The number of hydrogen-bond donors (Lipinski definition) is 1. The van der Waals surface area contributed by atoms with Crippen molar-refractivity contribution in [2.45, 2.75) is 25.9 Å². The Balaban J connectivity index is 3.00. The summed E-state index contributed by atoms with van der Waals surface area (Å²) in [6.45, 7) is 1.83. The van der Waals surface area contributed by atoms with Crippen molar-refractivity contribution in [3.05, 3.63) is 35.1 Å². The second kappa shape index (κ2) is 4.46. The van der Waals surface area contributed by atoms with E-state index in [2.05, 4.69) is 0 Å². The molecule has 1 aromatic rings. The summed E-state index contributed by atoms with van der Waals surface area (Å²) >= 11 is 0. The second-order valence-corrected chi connectivity index (χ2v) is 3.10. The maximum atomic E-state index is 12.7. The van der Waals surface area contributed by atoms with Crippen molar-refractivity contribution in [2.24, 2.45) is 0 Å². The summed E-state index contributed by atoms with van der Waals surface area (Å²) in [5.41, 5.74) is 0.0725. The average Bonchev–Trinajstić information content (AvgIpc) is 2.13. The zero-order valence-corrected chi connectivity index (χ0v) is 7.73. The van der Waals surface area contributed by atoms with Crippen LogP contribution in [0.1, 0.15) is 31.4 Å². The third-order valence-corrected chi connectivity index (χ3v) is 1.95. The van der Waals surface area contributed by atoms with E-state index in [0.717, 1.165) is 12.1 Å². The molecule has 0 bridgehead atoms. The van der Waals surface area contributed by atoms with Gasteiger partial charge in [0.05, 0.1) is 6.10 Å². The smallest absolute Gasteiger partial charge is 0.194 e. The molecule has 0 fully saturated rings. The van der Waals surface area contributed by atoms with Crippen LogP contribution in [-0.2, 0) is 0 Å². The highest BCUT2D eigenvalue weighted by molar-refractivity contribution is 5.21. The van der Waals surface area contributed by atoms with Crippen LogP contribution in [0.2, 0.25) is 0 Å². The standard InChI is InChI=1S/C10H11F3O/c1-2-3-9(14)6-4-7(11)10(13)8(12)5-6/h4-5,9,14H,2-3H2,1H3/t9-/m1/s1. The van der Waals surface area contributed by atoms with Crippen LogP contribution in [-0.4, -0.2) is 5.11 Å². The van der Waals surface area contributed by atoms with E-state index in [1.165, 1.54) is 0 Å². The average molecular weight is 204 g/mol. The van der Waals surface area contributed by atoms with Crippen LogP contribution >= 0.6 is 0 Å². The van der Waals surface area contributed by atoms with Gasteiger partial charge < -0.3 is 5.11 Å². The van der Waals surface area contributed by atoms with Crippen molar-refractivity contribution in [1.29, 1.82) is 0 Å². The van der Waals surface area contributed by atoms with Gasteiger partial charge in [-0.1, -0.05) is 13.3 Å². The summed E-state index contributed by atoms with van der Waals surface area (Å²) < 4.78 is 38.0. The summed E-state index contributed by atoms with van der Waals surface area (Å²) in [6, 6.07) is 1.64. The van der Waals surface area contributed by atoms with Crippen molar-refractivity contribution in [3.63, 3.8) is 0 Å². The Bertz CT molecular complexity index is 302. The molecule has 0 radical (unpaired) electrons. The Hall–Kier alpha value is -1.03. The second-order valence-electron chi connectivity index (χ2n) is 3.10. The molecule has 0 spiro atoms. The molecule has 0 saturated carbocycles. The number of benzene rings is 1. The van der Waals surface area contributed by atoms with Gasteiger partial charge in [0.25, 0.3) is 0 Å². The third-order valence-electron chi connectivity index (χ3n) is 1.95. The van der Waals surface area contributed by atoms with Crippen LogP contribution in [0.15, 0.2) is 12.1 Å². The predicted octanol–water partition coefficient (Wildman–Crippen LogP) is 2.94. The molecule has 0 unspecified atom stereocenters. The maximum Gasteiger partial charge on any atom is 0.194 e. The Morgan fingerprint density at radius 3 is 2.14 bits per heavy atom. The Morgan fingerprint density at radius 2 is 1.71 bits per heavy atom. The summed E-state index contributed by atoms with van der Waals surface area (Å²) in [7, 11) is 0. The van der Waals surface area contributed by atoms with E-state index in [-0.39, 0.29) is 5.56 Å². The molecule has 0 saturated heterocycles. The lowest BCUT2D eigenvalue weighted by Gasteiger charge is -2.09. The minimum Gasteiger partial charge on any atom is -0.388 e. The lowest BCUT2D eigenvalue weighted by atomic mass is 10.0. The van der Waals surface area contributed by atoms with Crippen LogP contribution in [0, 0.1) is 17.5 Å². The third kappa shape index (κ3) is 2.26. The van der Waals surface area contributed by atoms with Crippen LogP contribution in [0.3, 0.4) is 0 Å². The molecule has 0 aliphatic carbocycles. The van der Waals surface area contributed by atoms with Gasteiger partial charge in [-0.25, -0.2) is 13.2 Å². The molecule has 78 valence electrons. The predicted molar refractivity (Wildman–Crippen MR) is 46.2 cm³/mol. The summed E-state index contributed by atoms with van der Waals surface area (Å²) in [5.74, 6) is -4.04. The van der Waals surface area contributed by atoms with Gasteiger partial charge in [-0.05, 0) is 24.1 Å². The molecule has 0 aliphatic rings. The molecule has 0 amide bonds. The van der Waals surface area contributed by atoms with E-state index >= 15 is 0 Å². The number of rotatable bonds is 3. The fourth-order valence-corrected chi connectivity index (χ4v) is 1.21. The van der Waals surface area contributed by atoms with Gasteiger partial charge >= 0.3 is 0 Å². The lowest BCUT2D eigenvalue weighted by Crippen LogP contribution is -2.01. The molecule has 1 atom stereocenters. The molecule has 14 heavy (non-hydrogen) atoms. The van der Waals surface area contributed by atoms with Gasteiger partial charge in [0.2, 0.25) is 0 Å². The van der Waals surface area contributed by atoms with Crippen LogP contribution in [0.4, 0.5) is 13.2 Å². The van der Waals surface area contributed by atoms with E-state index in [1.54, 1.807) is 0 Å². The highest BCUT2D eigenvalue weighted by Gasteiger charge is 2.14. The summed E-state index contributed by atoms with van der Waals surface area (Å²) in [5, 5.41) is 9.40. The van der Waals surface area contributed by atoms with Gasteiger partial charge in [-0.15, -0.1) is 0 Å². The van der Waals surface area contributed by atoms with Gasteiger partial charge in [0, 0.05) is 0 Å². The van der Waals surface area contributed by atoms with Crippen molar-refractivity contribution in [1.82, 2.24) is 0 Å². The van der Waals surface area contributed by atoms with Crippen molar-refractivity contribution < 1.29 is 18.3 Å². The SMILES string of the molecule is CCC[C@@H](O)c1cc(F)c(F)c(F)c1. The first-order valence-electron chi connectivity index (χ1n) is 4.38. The molecule has 0 aliphatic heterocycles. The minimum absolute atomic E-state index is 0.0725. The normalized spacial score (nSPS) is 12.9. The number of hydrogen-bond acceptors (Lipinski definition) is 1. The first kappa shape index (κ1) is 11.0. The first-order chi connectivity index (χ1) is 6.56. The quantitative estimate of drug-likeness (QED) is 0.750. The largest absolute Gasteiger partial charge is 0.388 e. The molecule has 1 nitrogen and oxygen atoms in total. The van der Waals surface area contributed by atoms with Gasteiger partial charge in [-0.3, -0.25) is 0 Å². The Morgan fingerprint density at radius 1 is 1.21 bits per heavy atom. The van der Waals surface area contributed by atoms with Crippen molar-refractivity contribution in [3.8, 4) is 0 Å². The molecular formula is C10H11F3O. The molecule has 0 aromatic heterocycles. The van der Waals surface area contributed by atoms with Gasteiger partial charge in [0.15, 0.2) is 17.5 Å². The van der Waals surface area contributed by atoms with Crippen LogP contribution < -0.4 is 0 Å². The fraction of sp³-hybridized carbons (Fsp3) is 0.400. The highest BCUT2D eigenvalue weighted by atomic mass is 19.2. The highest BCUT2D eigenvalue weighted by Crippen LogP contribution is 2.22. The van der Waals surface area contributed by atoms with E-state index in [0.29, 0.717) is 12.8 Å². The molecule has 0 heterocycles. The summed E-state index contributed by atoms with van der Waals surface area (Å²) in [6.07, 6.45) is 0.136. The lowest BCUT2D eigenvalue weighted by molar-refractivity contribution is 0.165. The number of halogens is 3. The van der Waals surface area contributed by atoms with Crippen molar-refractivity contribution >= 4 is 0 Å². The van der Waals surface area contributed by atoms with E-state index in [1.807, 2.05) is 6.92 Å². The van der Waals surface area contributed by atoms with Crippen LogP contribution in [0.25, 0.3) is 0 Å².